The number of ether oxygens (including phenoxy) is 3. The normalized spacial score (nSPS) is 12.5. The molecule has 6 nitrogen and oxygen atoms in total. The fourth-order valence-electron chi connectivity index (χ4n) is 8.98. The van der Waals surface area contributed by atoms with E-state index in [0.29, 0.717) is 19.3 Å². The van der Waals surface area contributed by atoms with Crippen LogP contribution in [-0.2, 0) is 28.6 Å². The van der Waals surface area contributed by atoms with Crippen LogP contribution in [0.1, 0.15) is 316 Å². The SMILES string of the molecule is CC/C=C\C/C=C\C/C=C\C/C=C\C/C=C\CCCCCCCCCCCCCCCCCC(=O)OCC(COC(=O)CCCCCCC/C=C\CCCC)OC(=O)CCCCCCCCCCCCCCC. The highest BCUT2D eigenvalue weighted by Gasteiger charge is 2.19. The van der Waals surface area contributed by atoms with E-state index in [9.17, 15) is 14.4 Å². The second-order valence-electron chi connectivity index (χ2n) is 20.9. The predicted molar refractivity (Wildman–Crippen MR) is 316 cm³/mol. The number of hydrogen-bond donors (Lipinski definition) is 0. The molecule has 0 heterocycles. The number of unbranched alkanes of at least 4 members (excludes halogenated alkanes) is 34. The van der Waals surface area contributed by atoms with E-state index in [1.54, 1.807) is 0 Å². The lowest BCUT2D eigenvalue weighted by molar-refractivity contribution is -0.167. The van der Waals surface area contributed by atoms with Crippen molar-refractivity contribution in [2.24, 2.45) is 0 Å². The molecule has 0 rings (SSSR count). The lowest BCUT2D eigenvalue weighted by Crippen LogP contribution is -2.30. The van der Waals surface area contributed by atoms with Crippen molar-refractivity contribution in [3.05, 3.63) is 72.9 Å². The van der Waals surface area contributed by atoms with Gasteiger partial charge in [-0.1, -0.05) is 286 Å². The molecule has 0 aliphatic heterocycles. The number of carbonyl (C=O) groups excluding carboxylic acids is 3. The van der Waals surface area contributed by atoms with Gasteiger partial charge in [0.2, 0.25) is 0 Å². The van der Waals surface area contributed by atoms with Crippen molar-refractivity contribution in [3.63, 3.8) is 0 Å². The van der Waals surface area contributed by atoms with Gasteiger partial charge in [-0.15, -0.1) is 0 Å². The van der Waals surface area contributed by atoms with E-state index in [2.05, 4.69) is 93.7 Å². The van der Waals surface area contributed by atoms with Gasteiger partial charge in [0.15, 0.2) is 6.10 Å². The second kappa shape index (κ2) is 61.4. The summed E-state index contributed by atoms with van der Waals surface area (Å²) >= 11 is 0. The molecule has 0 aromatic rings. The van der Waals surface area contributed by atoms with Crippen LogP contribution in [0, 0.1) is 0 Å². The van der Waals surface area contributed by atoms with Gasteiger partial charge in [0, 0.05) is 19.3 Å². The van der Waals surface area contributed by atoms with Crippen molar-refractivity contribution in [1.82, 2.24) is 0 Å². The highest BCUT2D eigenvalue weighted by atomic mass is 16.6. The fourth-order valence-corrected chi connectivity index (χ4v) is 8.98. The van der Waals surface area contributed by atoms with Gasteiger partial charge in [-0.05, 0) is 83.5 Å². The standard InChI is InChI=1S/C67H118O6/c1-4-7-10-13-16-19-22-24-25-26-27-28-29-30-31-32-33-34-35-36-37-38-39-40-41-43-45-48-51-54-57-60-66(69)72-63-64(62-71-65(68)59-56-53-50-47-44-21-18-15-12-9-6-3)73-67(70)61-58-55-52-49-46-42-23-20-17-14-11-8-5-2/h7,10,15-16,18-19,24-25,27-28,30-31,64H,4-6,8-9,11-14,17,20-23,26,29,32-63H2,1-3H3/b10-7-,18-15-,19-16-,25-24-,28-27-,31-30-. The van der Waals surface area contributed by atoms with E-state index in [0.717, 1.165) is 96.3 Å². The zero-order valence-electron chi connectivity index (χ0n) is 48.4. The van der Waals surface area contributed by atoms with Crippen LogP contribution in [0.3, 0.4) is 0 Å². The van der Waals surface area contributed by atoms with Crippen molar-refractivity contribution in [2.75, 3.05) is 13.2 Å². The van der Waals surface area contributed by atoms with Crippen molar-refractivity contribution in [2.45, 2.75) is 322 Å². The molecule has 0 saturated carbocycles. The molecule has 73 heavy (non-hydrogen) atoms. The van der Waals surface area contributed by atoms with Gasteiger partial charge in [-0.2, -0.15) is 0 Å². The van der Waals surface area contributed by atoms with Gasteiger partial charge in [0.1, 0.15) is 13.2 Å². The van der Waals surface area contributed by atoms with Crippen LogP contribution < -0.4 is 0 Å². The Morgan fingerprint density at radius 3 is 0.890 bits per heavy atom. The monoisotopic (exact) mass is 1020 g/mol. The molecule has 1 unspecified atom stereocenters. The summed E-state index contributed by atoms with van der Waals surface area (Å²) in [6.45, 7) is 6.51. The first kappa shape index (κ1) is 69.8. The summed E-state index contributed by atoms with van der Waals surface area (Å²) in [6, 6.07) is 0. The summed E-state index contributed by atoms with van der Waals surface area (Å²) in [5.74, 6) is -0.870. The molecule has 0 fully saturated rings. The van der Waals surface area contributed by atoms with Crippen LogP contribution in [0.5, 0.6) is 0 Å². The molecule has 0 aliphatic rings. The molecule has 0 radical (unpaired) electrons. The number of allylic oxidation sites excluding steroid dienone is 12. The molecule has 0 aromatic carbocycles. The summed E-state index contributed by atoms with van der Waals surface area (Å²) < 4.78 is 16.9. The van der Waals surface area contributed by atoms with Gasteiger partial charge in [0.05, 0.1) is 0 Å². The van der Waals surface area contributed by atoms with Crippen LogP contribution in [0.15, 0.2) is 72.9 Å². The Morgan fingerprint density at radius 2 is 0.548 bits per heavy atom. The lowest BCUT2D eigenvalue weighted by atomic mass is 10.0. The Balaban J connectivity index is 4.11. The van der Waals surface area contributed by atoms with Crippen LogP contribution in [-0.4, -0.2) is 37.2 Å². The van der Waals surface area contributed by atoms with Crippen LogP contribution >= 0.6 is 0 Å². The number of rotatable bonds is 57. The average molecular weight is 1020 g/mol. The van der Waals surface area contributed by atoms with Crippen molar-refractivity contribution < 1.29 is 28.6 Å². The Labute approximate surface area is 453 Å². The third-order valence-electron chi connectivity index (χ3n) is 13.7. The zero-order valence-corrected chi connectivity index (χ0v) is 48.4. The van der Waals surface area contributed by atoms with Crippen molar-refractivity contribution in [1.29, 1.82) is 0 Å². The average Bonchev–Trinajstić information content (AvgIpc) is 3.39. The maximum absolute atomic E-state index is 12.8. The molecule has 0 bridgehead atoms. The minimum absolute atomic E-state index is 0.0736. The maximum atomic E-state index is 12.8. The van der Waals surface area contributed by atoms with Gasteiger partial charge >= 0.3 is 17.9 Å². The third-order valence-corrected chi connectivity index (χ3v) is 13.7. The van der Waals surface area contributed by atoms with Crippen LogP contribution in [0.2, 0.25) is 0 Å². The smallest absolute Gasteiger partial charge is 0.306 e. The maximum Gasteiger partial charge on any atom is 0.306 e. The predicted octanol–water partition coefficient (Wildman–Crippen LogP) is 21.3. The number of carbonyl (C=O) groups is 3. The van der Waals surface area contributed by atoms with E-state index in [1.807, 2.05) is 0 Å². The minimum atomic E-state index is -0.774. The Kier molecular flexibility index (Phi) is 58.7. The van der Waals surface area contributed by atoms with Crippen LogP contribution in [0.25, 0.3) is 0 Å². The molecule has 1 atom stereocenters. The van der Waals surface area contributed by atoms with E-state index in [-0.39, 0.29) is 31.1 Å². The van der Waals surface area contributed by atoms with Gasteiger partial charge in [0.25, 0.3) is 0 Å². The molecule has 0 spiro atoms. The highest BCUT2D eigenvalue weighted by Crippen LogP contribution is 2.17. The summed E-state index contributed by atoms with van der Waals surface area (Å²) in [7, 11) is 0. The molecule has 0 saturated heterocycles. The van der Waals surface area contributed by atoms with Gasteiger partial charge < -0.3 is 14.2 Å². The number of esters is 3. The molecule has 0 aliphatic carbocycles. The Morgan fingerprint density at radius 1 is 0.288 bits per heavy atom. The quantitative estimate of drug-likeness (QED) is 0.0261. The van der Waals surface area contributed by atoms with Gasteiger partial charge in [-0.25, -0.2) is 0 Å². The minimum Gasteiger partial charge on any atom is -0.462 e. The second-order valence-corrected chi connectivity index (χ2v) is 20.9. The molecule has 0 aromatic heterocycles. The fraction of sp³-hybridized carbons (Fsp3) is 0.776. The molecule has 422 valence electrons. The zero-order chi connectivity index (χ0) is 52.9. The largest absolute Gasteiger partial charge is 0.462 e. The summed E-state index contributed by atoms with van der Waals surface area (Å²) in [4.78, 5) is 38.1. The van der Waals surface area contributed by atoms with Crippen molar-refractivity contribution in [3.8, 4) is 0 Å². The van der Waals surface area contributed by atoms with E-state index < -0.39 is 6.10 Å². The molecular weight excluding hydrogens is 901 g/mol. The van der Waals surface area contributed by atoms with Crippen LogP contribution in [0.4, 0.5) is 0 Å². The first-order valence-corrected chi connectivity index (χ1v) is 31.4. The summed E-state index contributed by atoms with van der Waals surface area (Å²) in [5, 5.41) is 0. The first-order valence-electron chi connectivity index (χ1n) is 31.4. The lowest BCUT2D eigenvalue weighted by Gasteiger charge is -2.18. The third kappa shape index (κ3) is 59.6. The van der Waals surface area contributed by atoms with E-state index in [1.165, 1.54) is 180 Å². The Bertz CT molecular complexity index is 1360. The van der Waals surface area contributed by atoms with E-state index >= 15 is 0 Å². The Hall–Kier alpha value is -3.15. The van der Waals surface area contributed by atoms with Gasteiger partial charge in [-0.3, -0.25) is 14.4 Å². The molecule has 0 amide bonds. The topological polar surface area (TPSA) is 78.9 Å². The van der Waals surface area contributed by atoms with Crippen molar-refractivity contribution >= 4 is 17.9 Å². The number of hydrogen-bond acceptors (Lipinski definition) is 6. The summed E-state index contributed by atoms with van der Waals surface area (Å²) in [6.07, 6.45) is 79.2. The first-order chi connectivity index (χ1) is 36.0. The summed E-state index contributed by atoms with van der Waals surface area (Å²) in [5.41, 5.74) is 0. The molecule has 6 heteroatoms. The highest BCUT2D eigenvalue weighted by molar-refractivity contribution is 5.71. The van der Waals surface area contributed by atoms with E-state index in [4.69, 9.17) is 14.2 Å². The molecule has 0 N–H and O–H groups in total. The molecular formula is C67H118O6.